The van der Waals surface area contributed by atoms with Crippen LogP contribution in [0.2, 0.25) is 0 Å². The van der Waals surface area contributed by atoms with Crippen molar-refractivity contribution in [2.75, 3.05) is 0 Å². The lowest BCUT2D eigenvalue weighted by Crippen LogP contribution is -2.34. The van der Waals surface area contributed by atoms with Gasteiger partial charge in [0.2, 0.25) is 0 Å². The molecule has 0 bridgehead atoms. The maximum atomic E-state index is 11.9. The van der Waals surface area contributed by atoms with E-state index in [0.717, 1.165) is 12.8 Å². The fraction of sp³-hybridized carbons (Fsp3) is 0.438. The largest absolute Gasteiger partial charge is 0.335 e. The van der Waals surface area contributed by atoms with E-state index in [1.54, 1.807) is 6.92 Å². The van der Waals surface area contributed by atoms with Gasteiger partial charge in [0.25, 0.3) is 11.8 Å². The Bertz CT molecular complexity index is 510. The van der Waals surface area contributed by atoms with Gasteiger partial charge in [-0.15, -0.1) is 5.06 Å². The van der Waals surface area contributed by atoms with Gasteiger partial charge in [-0.05, 0) is 24.8 Å². The molecule has 0 radical (unpaired) electrons. The van der Waals surface area contributed by atoms with Crippen molar-refractivity contribution >= 4 is 17.8 Å². The molecular weight excluding hydrogens is 270 g/mol. The minimum absolute atomic E-state index is 0.120. The number of aryl methyl sites for hydroxylation is 1. The average molecular weight is 289 g/mol. The van der Waals surface area contributed by atoms with E-state index in [1.807, 2.05) is 30.3 Å². The molecule has 5 heteroatoms. The topological polar surface area (TPSA) is 63.7 Å². The van der Waals surface area contributed by atoms with E-state index >= 15 is 0 Å². The lowest BCUT2D eigenvalue weighted by molar-refractivity contribution is -0.200. The zero-order valence-electron chi connectivity index (χ0n) is 12.1. The molecular formula is C16H19NO4. The number of hydrogen-bond donors (Lipinski definition) is 0. The monoisotopic (exact) mass is 289 g/mol. The van der Waals surface area contributed by atoms with Crippen LogP contribution in [0.4, 0.5) is 0 Å². The van der Waals surface area contributed by atoms with Gasteiger partial charge in [0, 0.05) is 12.8 Å². The van der Waals surface area contributed by atoms with Gasteiger partial charge in [-0.3, -0.25) is 9.59 Å². The molecule has 0 spiro atoms. The van der Waals surface area contributed by atoms with Crippen LogP contribution >= 0.6 is 0 Å². The van der Waals surface area contributed by atoms with Crippen molar-refractivity contribution in [2.24, 2.45) is 5.92 Å². The number of hydrogen-bond acceptors (Lipinski definition) is 4. The van der Waals surface area contributed by atoms with E-state index in [0.29, 0.717) is 11.5 Å². The van der Waals surface area contributed by atoms with Crippen LogP contribution in [0.1, 0.15) is 38.2 Å². The maximum Gasteiger partial charge on any atom is 0.335 e. The number of nitrogens with zero attached hydrogens (tertiary/aromatic N) is 1. The molecule has 1 atom stereocenters. The smallest absolute Gasteiger partial charge is 0.330 e. The van der Waals surface area contributed by atoms with Crippen LogP contribution < -0.4 is 0 Å². The fourth-order valence-electron chi connectivity index (χ4n) is 2.21. The summed E-state index contributed by atoms with van der Waals surface area (Å²) < 4.78 is 0. The van der Waals surface area contributed by atoms with E-state index < -0.39 is 17.8 Å². The lowest BCUT2D eigenvalue weighted by Gasteiger charge is -2.16. The van der Waals surface area contributed by atoms with Crippen molar-refractivity contribution in [3.05, 3.63) is 35.9 Å². The molecule has 112 valence electrons. The van der Waals surface area contributed by atoms with Crippen molar-refractivity contribution in [1.29, 1.82) is 0 Å². The summed E-state index contributed by atoms with van der Waals surface area (Å²) in [6.07, 6.45) is 2.63. The van der Waals surface area contributed by atoms with Crippen LogP contribution in [0.5, 0.6) is 0 Å². The fourth-order valence-corrected chi connectivity index (χ4v) is 2.21. The molecule has 1 fully saturated rings. The highest BCUT2D eigenvalue weighted by Crippen LogP contribution is 2.16. The molecule has 0 aliphatic carbocycles. The number of carbonyl (C=O) groups is 3. The van der Waals surface area contributed by atoms with Gasteiger partial charge in [0.1, 0.15) is 0 Å². The molecule has 5 nitrogen and oxygen atoms in total. The van der Waals surface area contributed by atoms with Crippen LogP contribution in [0.25, 0.3) is 0 Å². The molecule has 1 heterocycles. The summed E-state index contributed by atoms with van der Waals surface area (Å²) in [5.74, 6) is -1.74. The van der Waals surface area contributed by atoms with E-state index in [4.69, 9.17) is 4.84 Å². The Morgan fingerprint density at radius 1 is 1.19 bits per heavy atom. The molecule has 21 heavy (non-hydrogen) atoms. The predicted octanol–water partition coefficient (Wildman–Crippen LogP) is 2.25. The van der Waals surface area contributed by atoms with Gasteiger partial charge in [0.05, 0.1) is 5.92 Å². The number of rotatable bonds is 6. The van der Waals surface area contributed by atoms with Gasteiger partial charge >= 0.3 is 5.97 Å². The highest BCUT2D eigenvalue weighted by atomic mass is 16.7. The lowest BCUT2D eigenvalue weighted by atomic mass is 10.0. The summed E-state index contributed by atoms with van der Waals surface area (Å²) in [4.78, 5) is 39.5. The molecule has 0 N–H and O–H groups in total. The Hall–Kier alpha value is -2.17. The quantitative estimate of drug-likeness (QED) is 0.753. The molecule has 2 rings (SSSR count). The van der Waals surface area contributed by atoms with E-state index in [1.165, 1.54) is 5.56 Å². The van der Waals surface area contributed by atoms with Gasteiger partial charge in [-0.25, -0.2) is 4.79 Å². The number of benzene rings is 1. The third kappa shape index (κ3) is 4.15. The Morgan fingerprint density at radius 3 is 2.43 bits per heavy atom. The van der Waals surface area contributed by atoms with Crippen LogP contribution in [0.3, 0.4) is 0 Å². The third-order valence-corrected chi connectivity index (χ3v) is 3.53. The molecule has 1 aromatic rings. The first-order chi connectivity index (χ1) is 10.1. The second kappa shape index (κ2) is 7.02. The third-order valence-electron chi connectivity index (χ3n) is 3.53. The predicted molar refractivity (Wildman–Crippen MR) is 75.7 cm³/mol. The van der Waals surface area contributed by atoms with Gasteiger partial charge in [-0.2, -0.15) is 0 Å². The first-order valence-electron chi connectivity index (χ1n) is 7.19. The second-order valence-electron chi connectivity index (χ2n) is 5.27. The second-order valence-corrected chi connectivity index (χ2v) is 5.27. The van der Waals surface area contributed by atoms with Crippen molar-refractivity contribution in [1.82, 2.24) is 5.06 Å². The normalized spacial score (nSPS) is 16.1. The standard InChI is InChI=1S/C16H19NO4/c1-12(6-5-9-13-7-3-2-4-8-13)16(20)21-17-14(18)10-11-15(17)19/h2-4,7-8,12H,5-6,9-11H2,1H3. The molecule has 1 unspecified atom stereocenters. The highest BCUT2D eigenvalue weighted by Gasteiger charge is 2.33. The Labute approximate surface area is 123 Å². The van der Waals surface area contributed by atoms with Gasteiger partial charge in [0.15, 0.2) is 0 Å². The van der Waals surface area contributed by atoms with Gasteiger partial charge in [-0.1, -0.05) is 37.3 Å². The Morgan fingerprint density at radius 2 is 1.81 bits per heavy atom. The van der Waals surface area contributed by atoms with Crippen LogP contribution in [-0.2, 0) is 25.6 Å². The number of imide groups is 1. The van der Waals surface area contributed by atoms with Crippen LogP contribution in [0, 0.1) is 5.92 Å². The number of hydroxylamine groups is 2. The van der Waals surface area contributed by atoms with Crippen LogP contribution in [-0.4, -0.2) is 22.8 Å². The maximum absolute atomic E-state index is 11.9. The first-order valence-corrected chi connectivity index (χ1v) is 7.19. The molecule has 2 amide bonds. The van der Waals surface area contributed by atoms with E-state index in [-0.39, 0.29) is 18.8 Å². The number of carbonyl (C=O) groups excluding carboxylic acids is 3. The van der Waals surface area contributed by atoms with Crippen molar-refractivity contribution in [3.63, 3.8) is 0 Å². The minimum atomic E-state index is -0.522. The van der Waals surface area contributed by atoms with Crippen LogP contribution in [0.15, 0.2) is 30.3 Å². The van der Waals surface area contributed by atoms with Crippen molar-refractivity contribution in [2.45, 2.75) is 39.0 Å². The highest BCUT2D eigenvalue weighted by molar-refractivity contribution is 6.01. The SMILES string of the molecule is CC(CCCc1ccccc1)C(=O)ON1C(=O)CCC1=O. The van der Waals surface area contributed by atoms with Crippen molar-refractivity contribution in [3.8, 4) is 0 Å². The Balaban J connectivity index is 1.75. The molecule has 1 aromatic carbocycles. The summed E-state index contributed by atoms with van der Waals surface area (Å²) in [5.41, 5.74) is 1.22. The molecule has 1 aliphatic rings. The molecule has 0 aromatic heterocycles. The first kappa shape index (κ1) is 15.2. The summed E-state index contributed by atoms with van der Waals surface area (Å²) in [6, 6.07) is 10.0. The van der Waals surface area contributed by atoms with Gasteiger partial charge < -0.3 is 4.84 Å². The zero-order valence-corrected chi connectivity index (χ0v) is 12.1. The van der Waals surface area contributed by atoms with E-state index in [2.05, 4.69) is 0 Å². The molecule has 0 saturated carbocycles. The molecule has 1 aliphatic heterocycles. The summed E-state index contributed by atoms with van der Waals surface area (Å²) in [7, 11) is 0. The summed E-state index contributed by atoms with van der Waals surface area (Å²) >= 11 is 0. The average Bonchev–Trinajstić information content (AvgIpc) is 2.80. The summed E-state index contributed by atoms with van der Waals surface area (Å²) in [6.45, 7) is 1.75. The Kier molecular flexibility index (Phi) is 5.09. The minimum Gasteiger partial charge on any atom is -0.330 e. The molecule has 1 saturated heterocycles. The van der Waals surface area contributed by atoms with Crippen molar-refractivity contribution < 1.29 is 19.2 Å². The van der Waals surface area contributed by atoms with E-state index in [9.17, 15) is 14.4 Å². The summed E-state index contributed by atoms with van der Waals surface area (Å²) in [5, 5.41) is 0.607. The zero-order chi connectivity index (χ0) is 15.2. The number of amides is 2.